The van der Waals surface area contributed by atoms with E-state index in [0.29, 0.717) is 5.56 Å². The molecule has 1 amide bonds. The van der Waals surface area contributed by atoms with Crippen molar-refractivity contribution in [3.63, 3.8) is 0 Å². The fraction of sp³-hybridized carbons (Fsp3) is 0.0769. The molecule has 0 atom stereocenters. The number of rotatable bonds is 2. The lowest BCUT2D eigenvalue weighted by Gasteiger charge is -2.02. The van der Waals surface area contributed by atoms with Crippen LogP contribution in [0.1, 0.15) is 11.1 Å². The Bertz CT molecular complexity index is 596. The molecule has 2 rings (SSSR count). The number of nitrogens with two attached hydrogens (primary N) is 1. The molecule has 3 heteroatoms. The SMILES string of the molecule is N#Cc1ccc2ccc(CC(N)=O)cc2c1. The maximum absolute atomic E-state index is 10.8. The Morgan fingerprint density at radius 3 is 2.62 bits per heavy atom. The van der Waals surface area contributed by atoms with Crippen LogP contribution in [0.15, 0.2) is 36.4 Å². The van der Waals surface area contributed by atoms with E-state index in [1.165, 1.54) is 0 Å². The topological polar surface area (TPSA) is 66.9 Å². The first-order valence-corrected chi connectivity index (χ1v) is 4.90. The highest BCUT2D eigenvalue weighted by Gasteiger charge is 2.01. The highest BCUT2D eigenvalue weighted by Crippen LogP contribution is 2.17. The van der Waals surface area contributed by atoms with Gasteiger partial charge in [0.25, 0.3) is 0 Å². The second kappa shape index (κ2) is 4.03. The number of benzene rings is 2. The van der Waals surface area contributed by atoms with Crippen molar-refractivity contribution in [1.82, 2.24) is 0 Å². The first-order chi connectivity index (χ1) is 7.69. The first kappa shape index (κ1) is 10.2. The van der Waals surface area contributed by atoms with E-state index in [1.807, 2.05) is 24.3 Å². The van der Waals surface area contributed by atoms with Crippen molar-refractivity contribution in [1.29, 1.82) is 5.26 Å². The van der Waals surface area contributed by atoms with Gasteiger partial charge in [0.05, 0.1) is 18.1 Å². The third-order valence-corrected chi connectivity index (χ3v) is 2.41. The molecule has 0 unspecified atom stereocenters. The van der Waals surface area contributed by atoms with Gasteiger partial charge in [-0.05, 0) is 28.5 Å². The van der Waals surface area contributed by atoms with Gasteiger partial charge in [-0.15, -0.1) is 0 Å². The monoisotopic (exact) mass is 210 g/mol. The minimum atomic E-state index is -0.351. The fourth-order valence-corrected chi connectivity index (χ4v) is 1.68. The second-order valence-electron chi connectivity index (χ2n) is 3.65. The van der Waals surface area contributed by atoms with Gasteiger partial charge in [-0.2, -0.15) is 5.26 Å². The maximum atomic E-state index is 10.8. The van der Waals surface area contributed by atoms with Crippen LogP contribution in [0.4, 0.5) is 0 Å². The number of fused-ring (bicyclic) bond motifs is 1. The van der Waals surface area contributed by atoms with Crippen molar-refractivity contribution in [2.75, 3.05) is 0 Å². The van der Waals surface area contributed by atoms with Crippen molar-refractivity contribution >= 4 is 16.7 Å². The van der Waals surface area contributed by atoms with Gasteiger partial charge in [-0.25, -0.2) is 0 Å². The van der Waals surface area contributed by atoms with Crippen LogP contribution in [0.3, 0.4) is 0 Å². The van der Waals surface area contributed by atoms with Gasteiger partial charge in [-0.1, -0.05) is 24.3 Å². The summed E-state index contributed by atoms with van der Waals surface area (Å²) >= 11 is 0. The zero-order chi connectivity index (χ0) is 11.5. The average molecular weight is 210 g/mol. The van der Waals surface area contributed by atoms with Gasteiger partial charge in [0.2, 0.25) is 5.91 Å². The molecule has 3 nitrogen and oxygen atoms in total. The average Bonchev–Trinajstić information content (AvgIpc) is 2.27. The number of carbonyl (C=O) groups is 1. The van der Waals surface area contributed by atoms with E-state index in [4.69, 9.17) is 11.0 Å². The smallest absolute Gasteiger partial charge is 0.221 e. The van der Waals surface area contributed by atoms with Crippen LogP contribution in [0.25, 0.3) is 10.8 Å². The zero-order valence-electron chi connectivity index (χ0n) is 8.60. The molecule has 0 spiro atoms. The van der Waals surface area contributed by atoms with E-state index in [-0.39, 0.29) is 12.3 Å². The molecule has 2 aromatic rings. The number of hydrogen-bond donors (Lipinski definition) is 1. The molecule has 2 aromatic carbocycles. The van der Waals surface area contributed by atoms with Crippen LogP contribution in [0.2, 0.25) is 0 Å². The van der Waals surface area contributed by atoms with Gasteiger partial charge in [0.15, 0.2) is 0 Å². The van der Waals surface area contributed by atoms with E-state index in [9.17, 15) is 4.79 Å². The molecule has 0 fully saturated rings. The Morgan fingerprint density at radius 2 is 1.94 bits per heavy atom. The normalized spacial score (nSPS) is 9.94. The number of primary amides is 1. The lowest BCUT2D eigenvalue weighted by atomic mass is 10.0. The summed E-state index contributed by atoms with van der Waals surface area (Å²) in [4.78, 5) is 10.8. The minimum Gasteiger partial charge on any atom is -0.369 e. The molecule has 0 saturated heterocycles. The molecule has 2 N–H and O–H groups in total. The zero-order valence-corrected chi connectivity index (χ0v) is 8.60. The van der Waals surface area contributed by atoms with E-state index >= 15 is 0 Å². The Labute approximate surface area is 93.1 Å². The van der Waals surface area contributed by atoms with Crippen molar-refractivity contribution in [3.05, 3.63) is 47.5 Å². The van der Waals surface area contributed by atoms with Gasteiger partial charge < -0.3 is 5.73 Å². The molecule has 0 aliphatic rings. The van der Waals surface area contributed by atoms with Crippen molar-refractivity contribution in [2.45, 2.75) is 6.42 Å². The van der Waals surface area contributed by atoms with Gasteiger partial charge >= 0.3 is 0 Å². The standard InChI is InChI=1S/C13H10N2O/c14-8-10-2-4-11-3-1-9(7-13(15)16)5-12(11)6-10/h1-6H,7H2,(H2,15,16). The van der Waals surface area contributed by atoms with Crippen molar-refractivity contribution in [3.8, 4) is 6.07 Å². The predicted molar refractivity (Wildman–Crippen MR) is 61.6 cm³/mol. The van der Waals surface area contributed by atoms with Crippen LogP contribution >= 0.6 is 0 Å². The summed E-state index contributed by atoms with van der Waals surface area (Å²) in [5.74, 6) is -0.351. The fourth-order valence-electron chi connectivity index (χ4n) is 1.68. The first-order valence-electron chi connectivity index (χ1n) is 4.90. The van der Waals surface area contributed by atoms with Crippen molar-refractivity contribution in [2.24, 2.45) is 5.73 Å². The molecule has 78 valence electrons. The lowest BCUT2D eigenvalue weighted by Crippen LogP contribution is -2.13. The van der Waals surface area contributed by atoms with Crippen LogP contribution in [0, 0.1) is 11.3 Å². The third-order valence-electron chi connectivity index (χ3n) is 2.41. The van der Waals surface area contributed by atoms with Gasteiger partial charge in [0.1, 0.15) is 0 Å². The van der Waals surface area contributed by atoms with Gasteiger partial charge in [0, 0.05) is 0 Å². The summed E-state index contributed by atoms with van der Waals surface area (Å²) < 4.78 is 0. The predicted octanol–water partition coefficient (Wildman–Crippen LogP) is 1.74. The van der Waals surface area contributed by atoms with Crippen LogP contribution in [0.5, 0.6) is 0 Å². The minimum absolute atomic E-state index is 0.229. The van der Waals surface area contributed by atoms with Crippen LogP contribution in [-0.4, -0.2) is 5.91 Å². The Hall–Kier alpha value is -2.34. The summed E-state index contributed by atoms with van der Waals surface area (Å²) in [6.45, 7) is 0. The number of nitrogens with zero attached hydrogens (tertiary/aromatic N) is 1. The molecular formula is C13H10N2O. The number of hydrogen-bond acceptors (Lipinski definition) is 2. The summed E-state index contributed by atoms with van der Waals surface area (Å²) in [6, 6.07) is 13.2. The summed E-state index contributed by atoms with van der Waals surface area (Å²) in [7, 11) is 0. The Balaban J connectivity index is 2.51. The number of nitriles is 1. The highest BCUT2D eigenvalue weighted by molar-refractivity contribution is 5.86. The van der Waals surface area contributed by atoms with E-state index in [1.54, 1.807) is 12.1 Å². The molecule has 16 heavy (non-hydrogen) atoms. The molecule has 0 aliphatic carbocycles. The van der Waals surface area contributed by atoms with E-state index in [2.05, 4.69) is 6.07 Å². The maximum Gasteiger partial charge on any atom is 0.221 e. The second-order valence-corrected chi connectivity index (χ2v) is 3.65. The van der Waals surface area contributed by atoms with Crippen LogP contribution < -0.4 is 5.73 Å². The molecule has 0 saturated carbocycles. The molecule has 0 radical (unpaired) electrons. The molecule has 0 aromatic heterocycles. The summed E-state index contributed by atoms with van der Waals surface area (Å²) in [5, 5.41) is 10.8. The largest absolute Gasteiger partial charge is 0.369 e. The van der Waals surface area contributed by atoms with Crippen LogP contribution in [-0.2, 0) is 11.2 Å². The molecule has 0 aliphatic heterocycles. The summed E-state index contributed by atoms with van der Waals surface area (Å²) in [6.07, 6.45) is 0.229. The van der Waals surface area contributed by atoms with E-state index < -0.39 is 0 Å². The highest BCUT2D eigenvalue weighted by atomic mass is 16.1. The molecule has 0 bridgehead atoms. The number of amides is 1. The Morgan fingerprint density at radius 1 is 1.19 bits per heavy atom. The molecular weight excluding hydrogens is 200 g/mol. The summed E-state index contributed by atoms with van der Waals surface area (Å²) in [5.41, 5.74) is 6.62. The van der Waals surface area contributed by atoms with Crippen molar-refractivity contribution < 1.29 is 4.79 Å². The number of carbonyl (C=O) groups excluding carboxylic acids is 1. The molecule has 0 heterocycles. The van der Waals surface area contributed by atoms with E-state index in [0.717, 1.165) is 16.3 Å². The Kier molecular flexibility index (Phi) is 2.57. The van der Waals surface area contributed by atoms with Gasteiger partial charge in [-0.3, -0.25) is 4.79 Å². The third kappa shape index (κ3) is 2.01. The lowest BCUT2D eigenvalue weighted by molar-refractivity contribution is -0.117. The quantitative estimate of drug-likeness (QED) is 0.820.